The summed E-state index contributed by atoms with van der Waals surface area (Å²) in [4.78, 5) is 7.22. The fraction of sp³-hybridized carbons (Fsp3) is 0.786. The second-order valence-corrected chi connectivity index (χ2v) is 7.26. The van der Waals surface area contributed by atoms with Crippen molar-refractivity contribution in [3.05, 3.63) is 11.1 Å². The summed E-state index contributed by atoms with van der Waals surface area (Å²) in [5.74, 6) is 0. The summed E-state index contributed by atoms with van der Waals surface area (Å²) in [6.45, 7) is 8.01. The van der Waals surface area contributed by atoms with Crippen molar-refractivity contribution in [1.29, 1.82) is 0 Å². The van der Waals surface area contributed by atoms with E-state index < -0.39 is 0 Å². The van der Waals surface area contributed by atoms with Gasteiger partial charge in [0, 0.05) is 31.1 Å². The number of hydrogen-bond acceptors (Lipinski definition) is 4. The third kappa shape index (κ3) is 3.04. The Hall–Kier alpha value is -0.610. The average Bonchev–Trinajstić information content (AvgIpc) is 3.05. The van der Waals surface area contributed by atoms with Crippen LogP contribution in [0.25, 0.3) is 0 Å². The third-order valence-electron chi connectivity index (χ3n) is 4.08. The minimum Gasteiger partial charge on any atom is -0.348 e. The maximum Gasteiger partial charge on any atom is 0.185 e. The van der Waals surface area contributed by atoms with E-state index in [1.54, 1.807) is 11.3 Å². The van der Waals surface area contributed by atoms with E-state index in [1.165, 1.54) is 36.5 Å². The molecule has 18 heavy (non-hydrogen) atoms. The summed E-state index contributed by atoms with van der Waals surface area (Å²) in [6, 6.07) is 0.769. The van der Waals surface area contributed by atoms with Crippen molar-refractivity contribution < 1.29 is 0 Å². The van der Waals surface area contributed by atoms with Gasteiger partial charge < -0.3 is 10.2 Å². The van der Waals surface area contributed by atoms with E-state index in [4.69, 9.17) is 4.98 Å². The van der Waals surface area contributed by atoms with Crippen LogP contribution in [-0.4, -0.2) is 24.1 Å². The lowest BCUT2D eigenvalue weighted by atomic mass is 9.83. The summed E-state index contributed by atoms with van der Waals surface area (Å²) in [7, 11) is 0. The molecule has 4 heteroatoms. The second-order valence-electron chi connectivity index (χ2n) is 6.43. The Morgan fingerprint density at radius 3 is 2.78 bits per heavy atom. The lowest BCUT2D eigenvalue weighted by Gasteiger charge is -2.36. The van der Waals surface area contributed by atoms with Gasteiger partial charge in [-0.25, -0.2) is 4.98 Å². The van der Waals surface area contributed by atoms with Gasteiger partial charge in [-0.15, -0.1) is 11.3 Å². The van der Waals surface area contributed by atoms with Crippen molar-refractivity contribution in [2.45, 2.75) is 52.1 Å². The molecule has 0 radical (unpaired) electrons. The normalized spacial score (nSPS) is 23.3. The number of aromatic nitrogens is 1. The molecule has 1 aromatic heterocycles. The Morgan fingerprint density at radius 2 is 2.11 bits per heavy atom. The van der Waals surface area contributed by atoms with E-state index >= 15 is 0 Å². The molecule has 0 aromatic carbocycles. The number of hydrogen-bond donors (Lipinski definition) is 1. The lowest BCUT2D eigenvalue weighted by molar-refractivity contribution is 0.279. The zero-order valence-corrected chi connectivity index (χ0v) is 12.2. The molecule has 0 bridgehead atoms. The highest BCUT2D eigenvalue weighted by molar-refractivity contribution is 7.13. The van der Waals surface area contributed by atoms with E-state index in [0.29, 0.717) is 5.41 Å². The predicted octanol–water partition coefficient (Wildman–Crippen LogP) is 3.02. The Balaban J connectivity index is 1.55. The number of anilines is 1. The van der Waals surface area contributed by atoms with Gasteiger partial charge in [0.1, 0.15) is 0 Å². The van der Waals surface area contributed by atoms with Crippen LogP contribution < -0.4 is 10.2 Å². The first-order chi connectivity index (χ1) is 8.62. The molecule has 2 aliphatic rings. The van der Waals surface area contributed by atoms with Crippen molar-refractivity contribution in [2.24, 2.45) is 5.41 Å². The fourth-order valence-electron chi connectivity index (χ4n) is 2.36. The zero-order valence-electron chi connectivity index (χ0n) is 11.4. The zero-order chi connectivity index (χ0) is 12.6. The monoisotopic (exact) mass is 265 g/mol. The molecule has 100 valence electrons. The van der Waals surface area contributed by atoms with Crippen LogP contribution in [0, 0.1) is 5.41 Å². The summed E-state index contributed by atoms with van der Waals surface area (Å²) in [5, 5.41) is 6.96. The van der Waals surface area contributed by atoms with Gasteiger partial charge in [-0.3, -0.25) is 0 Å². The highest BCUT2D eigenvalue weighted by atomic mass is 32.1. The van der Waals surface area contributed by atoms with Crippen LogP contribution in [0.1, 0.15) is 45.2 Å². The Morgan fingerprint density at radius 1 is 1.39 bits per heavy atom. The molecule has 2 fully saturated rings. The van der Waals surface area contributed by atoms with E-state index in [-0.39, 0.29) is 0 Å². The summed E-state index contributed by atoms with van der Waals surface area (Å²) < 4.78 is 0. The van der Waals surface area contributed by atoms with Crippen LogP contribution in [0.2, 0.25) is 0 Å². The van der Waals surface area contributed by atoms with Gasteiger partial charge >= 0.3 is 0 Å². The minimum atomic E-state index is 0.518. The molecule has 0 amide bonds. The first-order valence-electron chi connectivity index (χ1n) is 7.05. The van der Waals surface area contributed by atoms with Crippen molar-refractivity contribution in [2.75, 3.05) is 18.0 Å². The number of thiazole rings is 1. The third-order valence-corrected chi connectivity index (χ3v) is 5.03. The molecule has 1 aliphatic heterocycles. The number of nitrogens with zero attached hydrogens (tertiary/aromatic N) is 2. The van der Waals surface area contributed by atoms with Crippen molar-refractivity contribution >= 4 is 16.5 Å². The molecule has 1 saturated carbocycles. The molecular formula is C14H23N3S. The molecule has 3 rings (SSSR count). The average molecular weight is 265 g/mol. The van der Waals surface area contributed by atoms with Crippen LogP contribution in [0.5, 0.6) is 0 Å². The molecule has 1 saturated heterocycles. The smallest absolute Gasteiger partial charge is 0.185 e. The fourth-order valence-corrected chi connectivity index (χ4v) is 3.24. The molecule has 0 unspecified atom stereocenters. The van der Waals surface area contributed by atoms with Crippen LogP contribution in [0.3, 0.4) is 0 Å². The van der Waals surface area contributed by atoms with Gasteiger partial charge in [-0.05, 0) is 31.1 Å². The lowest BCUT2D eigenvalue weighted by Crippen LogP contribution is -2.37. The van der Waals surface area contributed by atoms with Crippen molar-refractivity contribution in [1.82, 2.24) is 10.3 Å². The van der Waals surface area contributed by atoms with Gasteiger partial charge in [-0.1, -0.05) is 13.8 Å². The second kappa shape index (κ2) is 4.82. The molecule has 3 nitrogen and oxygen atoms in total. The first kappa shape index (κ1) is 12.4. The van der Waals surface area contributed by atoms with Crippen LogP contribution in [-0.2, 0) is 6.54 Å². The number of piperidine rings is 1. The molecule has 0 atom stereocenters. The molecule has 1 N–H and O–H groups in total. The summed E-state index contributed by atoms with van der Waals surface area (Å²) in [5.41, 5.74) is 1.73. The SMILES string of the molecule is CC1(C)CCN(c2nc(CNC3CC3)cs2)CC1. The summed E-state index contributed by atoms with van der Waals surface area (Å²) in [6.07, 6.45) is 5.25. The van der Waals surface area contributed by atoms with Gasteiger partial charge in [0.25, 0.3) is 0 Å². The van der Waals surface area contributed by atoms with Crippen molar-refractivity contribution in [3.8, 4) is 0 Å². The number of rotatable bonds is 4. The Bertz CT molecular complexity index is 399. The molecule has 0 spiro atoms. The van der Waals surface area contributed by atoms with E-state index in [2.05, 4.69) is 29.4 Å². The summed E-state index contributed by atoms with van der Waals surface area (Å²) >= 11 is 1.80. The van der Waals surface area contributed by atoms with Gasteiger partial charge in [0.05, 0.1) is 5.69 Å². The van der Waals surface area contributed by atoms with Gasteiger partial charge in [0.2, 0.25) is 0 Å². The van der Waals surface area contributed by atoms with Gasteiger partial charge in [-0.2, -0.15) is 0 Å². The number of nitrogens with one attached hydrogen (secondary N) is 1. The topological polar surface area (TPSA) is 28.2 Å². The van der Waals surface area contributed by atoms with E-state index in [1.807, 2.05) is 0 Å². The van der Waals surface area contributed by atoms with E-state index in [0.717, 1.165) is 25.7 Å². The molecule has 1 aliphatic carbocycles. The van der Waals surface area contributed by atoms with Crippen LogP contribution in [0.4, 0.5) is 5.13 Å². The largest absolute Gasteiger partial charge is 0.348 e. The quantitative estimate of drug-likeness (QED) is 0.907. The van der Waals surface area contributed by atoms with Gasteiger partial charge in [0.15, 0.2) is 5.13 Å². The Labute approximate surface area is 114 Å². The van der Waals surface area contributed by atoms with E-state index in [9.17, 15) is 0 Å². The molecule has 2 heterocycles. The van der Waals surface area contributed by atoms with Crippen molar-refractivity contribution in [3.63, 3.8) is 0 Å². The maximum absolute atomic E-state index is 4.76. The molecular weight excluding hydrogens is 242 g/mol. The Kier molecular flexibility index (Phi) is 3.32. The molecule has 1 aromatic rings. The first-order valence-corrected chi connectivity index (χ1v) is 7.93. The standard InChI is InChI=1S/C14H23N3S/c1-14(2)5-7-17(8-6-14)13-16-12(10-18-13)9-15-11-3-4-11/h10-11,15H,3-9H2,1-2H3. The highest BCUT2D eigenvalue weighted by Crippen LogP contribution is 2.33. The van der Waals surface area contributed by atoms with Crippen LogP contribution >= 0.6 is 11.3 Å². The maximum atomic E-state index is 4.76. The predicted molar refractivity (Wildman–Crippen MR) is 77.2 cm³/mol. The minimum absolute atomic E-state index is 0.518. The van der Waals surface area contributed by atoms with Crippen LogP contribution in [0.15, 0.2) is 5.38 Å². The highest BCUT2D eigenvalue weighted by Gasteiger charge is 2.26.